The highest BCUT2D eigenvalue weighted by Gasteiger charge is 2.82. The van der Waals surface area contributed by atoms with Crippen LogP contribution < -0.4 is 0 Å². The molecule has 14 N–H and O–H groups in total. The predicted molar refractivity (Wildman–Crippen MR) is 290 cm³/mol. The van der Waals surface area contributed by atoms with Crippen LogP contribution in [-0.4, -0.2) is 275 Å². The molecular formula is C59H94O27. The van der Waals surface area contributed by atoms with Gasteiger partial charge in [-0.25, -0.2) is 0 Å². The van der Waals surface area contributed by atoms with E-state index in [-0.39, 0.29) is 5.97 Å². The van der Waals surface area contributed by atoms with Crippen LogP contribution in [-0.2, 0) is 61.6 Å². The summed E-state index contributed by atoms with van der Waals surface area (Å²) in [7, 11) is 1.20. The molecule has 8 fully saturated rings. The number of methoxy groups -OCH3 is 1. The standard InChI is InChI=1S/C59H94O27/c1-25-43(83-47-39(68)34(63)28(62)23-76-47)38(67)40(69)48(78-25)81-31-24-77-51(46(37(31)66)85-50-42(71)45(36(65)30(22-61)80-50)84-49-41(70)44(75-9)35(64)29(21-60)79-49)82-33-14-17-55(6)26-13-18-58-52(72)86-57(8,16-10-15-53(2,3)73)59(58,74)20-19-56(58,7)27(26)11-12-32(55)54(33,4)5/h12,25,28-31,33-51,60-71,73-74H,10-11,13-24H2,1-9H3/t25?,28?,29?,30?,31?,33-,34?,35?,36?,37?,38?,39?,40?,41?,42?,43?,44?,45?,46?,47?,48?,49?,50?,51?,55+,56-,57?,58?,59-/m0/s1. The molecule has 0 aromatic heterocycles. The fraction of sp³-hybridized carbons (Fsp3) is 0.915. The fourth-order valence-electron chi connectivity index (χ4n) is 16.6. The maximum atomic E-state index is 14.6. The number of hydrogen-bond donors (Lipinski definition) is 14. The second kappa shape index (κ2) is 24.4. The van der Waals surface area contributed by atoms with Crippen LogP contribution >= 0.6 is 0 Å². The van der Waals surface area contributed by atoms with Gasteiger partial charge in [-0.05, 0) is 91.9 Å². The average molecular weight is 1240 g/mol. The second-order valence-corrected chi connectivity index (χ2v) is 27.6. The number of carbonyl (C=O) groups is 1. The van der Waals surface area contributed by atoms with Crippen LogP contribution in [0.3, 0.4) is 0 Å². The van der Waals surface area contributed by atoms with E-state index in [0.717, 1.165) is 11.1 Å². The quantitative estimate of drug-likeness (QED) is 0.0527. The molecule has 27 nitrogen and oxygen atoms in total. The summed E-state index contributed by atoms with van der Waals surface area (Å²) in [6.45, 7) is 12.7. The van der Waals surface area contributed by atoms with Crippen LogP contribution in [0.4, 0.5) is 0 Å². The zero-order valence-electron chi connectivity index (χ0n) is 50.4. The Bertz CT molecular complexity index is 2480. The third-order valence-electron chi connectivity index (χ3n) is 21.6. The van der Waals surface area contributed by atoms with Crippen molar-refractivity contribution >= 4 is 5.97 Å². The van der Waals surface area contributed by atoms with Crippen LogP contribution in [0.25, 0.3) is 0 Å². The summed E-state index contributed by atoms with van der Waals surface area (Å²) in [5, 5.41) is 155. The average Bonchev–Trinajstić information content (AvgIpc) is 1.46. The molecule has 2 saturated carbocycles. The van der Waals surface area contributed by atoms with E-state index in [1.807, 2.05) is 20.8 Å². The van der Waals surface area contributed by atoms with Gasteiger partial charge < -0.3 is 128 Å². The monoisotopic (exact) mass is 1230 g/mol. The summed E-state index contributed by atoms with van der Waals surface area (Å²) in [6, 6.07) is 0. The first-order chi connectivity index (χ1) is 40.3. The highest BCUT2D eigenvalue weighted by Crippen LogP contribution is 2.76. The number of ether oxygens (including phenoxy) is 12. The minimum Gasteiger partial charge on any atom is -0.456 e. The lowest BCUT2D eigenvalue weighted by atomic mass is 9.45. The number of fused-ring (bicyclic) bond motifs is 3. The Morgan fingerprint density at radius 1 is 0.628 bits per heavy atom. The van der Waals surface area contributed by atoms with E-state index in [4.69, 9.17) is 56.8 Å². The van der Waals surface area contributed by atoms with Gasteiger partial charge in [0.2, 0.25) is 0 Å². The smallest absolute Gasteiger partial charge is 0.316 e. The van der Waals surface area contributed by atoms with Crippen molar-refractivity contribution in [2.45, 2.75) is 284 Å². The molecule has 4 aliphatic carbocycles. The number of aliphatic hydroxyl groups excluding tert-OH is 12. The van der Waals surface area contributed by atoms with E-state index < -0.39 is 212 Å². The zero-order valence-corrected chi connectivity index (χ0v) is 50.4. The van der Waals surface area contributed by atoms with Gasteiger partial charge in [0.25, 0.3) is 0 Å². The largest absolute Gasteiger partial charge is 0.456 e. The van der Waals surface area contributed by atoms with E-state index >= 15 is 0 Å². The Labute approximate surface area is 499 Å². The molecule has 1 spiro atoms. The second-order valence-electron chi connectivity index (χ2n) is 27.6. The van der Waals surface area contributed by atoms with E-state index in [1.165, 1.54) is 19.6 Å². The van der Waals surface area contributed by atoms with Gasteiger partial charge >= 0.3 is 5.97 Å². The molecule has 10 rings (SSSR count). The topological polar surface area (TPSA) is 411 Å². The van der Waals surface area contributed by atoms with Crippen molar-refractivity contribution < 1.29 is 133 Å². The van der Waals surface area contributed by atoms with Gasteiger partial charge in [-0.15, -0.1) is 0 Å². The molecule has 29 atom stereocenters. The van der Waals surface area contributed by atoms with Crippen molar-refractivity contribution in [2.75, 3.05) is 33.5 Å². The summed E-state index contributed by atoms with van der Waals surface area (Å²) in [6.07, 6.45) is -31.1. The first kappa shape index (κ1) is 66.9. The number of hydrogen-bond acceptors (Lipinski definition) is 27. The highest BCUT2D eigenvalue weighted by atomic mass is 16.8. The van der Waals surface area contributed by atoms with E-state index in [1.54, 1.807) is 13.8 Å². The third kappa shape index (κ3) is 10.9. The molecule has 492 valence electrons. The van der Waals surface area contributed by atoms with Crippen LogP contribution in [0.15, 0.2) is 22.8 Å². The molecule has 0 bridgehead atoms. The predicted octanol–water partition coefficient (Wildman–Crippen LogP) is -2.55. The van der Waals surface area contributed by atoms with Crippen molar-refractivity contribution in [2.24, 2.45) is 21.7 Å². The lowest BCUT2D eigenvalue weighted by Crippen LogP contribution is -2.67. The van der Waals surface area contributed by atoms with Gasteiger partial charge in [-0.2, -0.15) is 0 Å². The number of esters is 1. The first-order valence-electron chi connectivity index (χ1n) is 30.4. The van der Waals surface area contributed by atoms with Crippen LogP contribution in [0.1, 0.15) is 120 Å². The molecule has 0 radical (unpaired) electrons. The summed E-state index contributed by atoms with van der Waals surface area (Å²) >= 11 is 0. The Hall–Kier alpha value is -2.05. The highest BCUT2D eigenvalue weighted by molar-refractivity contribution is 5.86. The minimum absolute atomic E-state index is 0.370. The Balaban J connectivity index is 0.901. The SMILES string of the molecule is COC1C(O)C(CO)OC(OC2C(O)C(CO)OC(OC3C(O[C@H]4CC[C@@]5(C)C(=CCC6=C5CCC57C(=O)OC(C)(CCCC(C)(C)O)[C@@]5(O)CC[C@@]67C)C4(C)C)OCC(OC4OC(C)C(OC5OCC(O)C(O)C5O)C(O)C4O)C3O)C2O)C1O. The number of cyclic esters (lactones) is 1. The molecule has 27 heteroatoms. The Morgan fingerprint density at radius 3 is 1.86 bits per heavy atom. The lowest BCUT2D eigenvalue weighted by Gasteiger charge is -2.59. The van der Waals surface area contributed by atoms with Gasteiger partial charge in [0.1, 0.15) is 120 Å². The normalized spacial score (nSPS) is 51.3. The molecule has 0 amide bonds. The molecule has 6 aliphatic heterocycles. The number of aliphatic hydroxyl groups is 14. The number of allylic oxidation sites excluding steroid dienone is 3. The van der Waals surface area contributed by atoms with Crippen LogP contribution in [0.2, 0.25) is 0 Å². The maximum absolute atomic E-state index is 14.6. The summed E-state index contributed by atoms with van der Waals surface area (Å²) in [5.74, 6) is -0.384. The Morgan fingerprint density at radius 2 is 1.22 bits per heavy atom. The van der Waals surface area contributed by atoms with Crippen molar-refractivity contribution in [1.29, 1.82) is 0 Å². The van der Waals surface area contributed by atoms with E-state index in [0.29, 0.717) is 64.2 Å². The molecule has 25 unspecified atom stereocenters. The zero-order chi connectivity index (χ0) is 62.8. The van der Waals surface area contributed by atoms with Gasteiger partial charge in [-0.1, -0.05) is 50.5 Å². The van der Waals surface area contributed by atoms with Crippen molar-refractivity contribution in [3.05, 3.63) is 22.8 Å². The molecule has 10 aliphatic rings. The molecular weight excluding hydrogens is 1140 g/mol. The van der Waals surface area contributed by atoms with Gasteiger partial charge in [0.15, 0.2) is 31.5 Å². The fourth-order valence-corrected chi connectivity index (χ4v) is 16.6. The van der Waals surface area contributed by atoms with Crippen LogP contribution in [0.5, 0.6) is 0 Å². The molecule has 0 aromatic carbocycles. The van der Waals surface area contributed by atoms with Gasteiger partial charge in [-0.3, -0.25) is 4.79 Å². The van der Waals surface area contributed by atoms with Crippen molar-refractivity contribution in [1.82, 2.24) is 0 Å². The summed E-state index contributed by atoms with van der Waals surface area (Å²) < 4.78 is 72.3. The van der Waals surface area contributed by atoms with E-state index in [9.17, 15) is 76.3 Å². The molecule has 6 heterocycles. The van der Waals surface area contributed by atoms with Gasteiger partial charge in [0.05, 0.1) is 44.2 Å². The molecule has 6 saturated heterocycles. The van der Waals surface area contributed by atoms with Crippen LogP contribution in [0, 0.1) is 21.7 Å². The minimum atomic E-state index is -2.02. The summed E-state index contributed by atoms with van der Waals surface area (Å²) in [4.78, 5) is 14.6. The maximum Gasteiger partial charge on any atom is 0.316 e. The Kier molecular flexibility index (Phi) is 19.0. The van der Waals surface area contributed by atoms with Crippen molar-refractivity contribution in [3.63, 3.8) is 0 Å². The first-order valence-corrected chi connectivity index (χ1v) is 30.4. The number of carbonyl (C=O) groups excluding carboxylic acids is 1. The summed E-state index contributed by atoms with van der Waals surface area (Å²) in [5.41, 5.74) is -3.32. The lowest BCUT2D eigenvalue weighted by molar-refractivity contribution is -0.393. The molecule has 0 aromatic rings. The molecule has 86 heavy (non-hydrogen) atoms. The van der Waals surface area contributed by atoms with Gasteiger partial charge in [0, 0.05) is 23.4 Å². The van der Waals surface area contributed by atoms with Crippen molar-refractivity contribution in [3.8, 4) is 0 Å². The third-order valence-corrected chi connectivity index (χ3v) is 21.6. The van der Waals surface area contributed by atoms with E-state index in [2.05, 4.69) is 19.9 Å². The number of rotatable bonds is 17.